The predicted octanol–water partition coefficient (Wildman–Crippen LogP) is 3.28. The topological polar surface area (TPSA) is 89.3 Å². The zero-order chi connectivity index (χ0) is 16.8. The van der Waals surface area contributed by atoms with E-state index in [4.69, 9.17) is 23.2 Å². The molecule has 1 aromatic heterocycles. The van der Waals surface area contributed by atoms with E-state index in [0.29, 0.717) is 4.09 Å². The molecule has 0 saturated heterocycles. The lowest BCUT2D eigenvalue weighted by atomic mass is 10.2. The van der Waals surface area contributed by atoms with Crippen LogP contribution in [0.1, 0.15) is 10.5 Å². The molecule has 3 rings (SSSR count). The highest BCUT2D eigenvalue weighted by Crippen LogP contribution is 2.29. The van der Waals surface area contributed by atoms with Crippen molar-refractivity contribution in [3.63, 3.8) is 0 Å². The summed E-state index contributed by atoms with van der Waals surface area (Å²) in [5.41, 5.74) is -0.204. The Morgan fingerprint density at radius 1 is 1.13 bits per heavy atom. The summed E-state index contributed by atoms with van der Waals surface area (Å²) >= 11 is 11.7. The Labute approximate surface area is 140 Å². The lowest BCUT2D eigenvalue weighted by molar-refractivity contribution is 0.0692. The number of aromatic nitrogens is 2. The highest BCUT2D eigenvalue weighted by molar-refractivity contribution is 7.90. The molecule has 0 spiro atoms. The first kappa shape index (κ1) is 15.8. The second kappa shape index (κ2) is 5.52. The monoisotopic (exact) mass is 370 g/mol. The number of carboxylic acids is 1. The van der Waals surface area contributed by atoms with Crippen LogP contribution < -0.4 is 0 Å². The third-order valence-electron chi connectivity index (χ3n) is 3.16. The number of para-hydroxylation sites is 1. The molecule has 0 fully saturated rings. The quantitative estimate of drug-likeness (QED) is 0.763. The third kappa shape index (κ3) is 2.56. The molecule has 1 N–H and O–H groups in total. The Morgan fingerprint density at radius 3 is 2.48 bits per heavy atom. The van der Waals surface area contributed by atoms with E-state index in [0.717, 1.165) is 0 Å². The van der Waals surface area contributed by atoms with E-state index < -0.39 is 16.0 Å². The maximum atomic E-state index is 12.8. The predicted molar refractivity (Wildman–Crippen MR) is 85.7 cm³/mol. The highest BCUT2D eigenvalue weighted by atomic mass is 35.5. The normalized spacial score (nSPS) is 11.7. The van der Waals surface area contributed by atoms with E-state index in [1.165, 1.54) is 30.3 Å². The van der Waals surface area contributed by atoms with Gasteiger partial charge in [-0.1, -0.05) is 41.4 Å². The van der Waals surface area contributed by atoms with E-state index in [1.807, 2.05) is 0 Å². The first-order chi connectivity index (χ1) is 10.8. The largest absolute Gasteiger partial charge is 0.476 e. The summed E-state index contributed by atoms with van der Waals surface area (Å²) in [6.07, 6.45) is 0. The number of carboxylic acid groups (broad SMARTS) is 1. The minimum absolute atomic E-state index is 0.0750. The van der Waals surface area contributed by atoms with Gasteiger partial charge in [0.05, 0.1) is 10.5 Å². The molecule has 0 bridgehead atoms. The number of hydrogen-bond donors (Lipinski definition) is 1. The molecule has 0 amide bonds. The molecule has 3 aromatic rings. The minimum atomic E-state index is -4.17. The molecule has 0 radical (unpaired) electrons. The Bertz CT molecular complexity index is 1040. The van der Waals surface area contributed by atoms with Gasteiger partial charge in [-0.25, -0.2) is 4.79 Å². The van der Waals surface area contributed by atoms with Crippen LogP contribution in [-0.4, -0.2) is 28.7 Å². The van der Waals surface area contributed by atoms with Crippen molar-refractivity contribution in [3.05, 3.63) is 58.2 Å². The lowest BCUT2D eigenvalue weighted by Gasteiger charge is -2.07. The number of rotatable bonds is 3. The van der Waals surface area contributed by atoms with Crippen molar-refractivity contribution in [2.24, 2.45) is 0 Å². The van der Waals surface area contributed by atoms with Crippen molar-refractivity contribution in [2.45, 2.75) is 4.90 Å². The molecule has 0 atom stereocenters. The van der Waals surface area contributed by atoms with Crippen molar-refractivity contribution in [3.8, 4) is 0 Å². The fraction of sp³-hybridized carbons (Fsp3) is 0. The van der Waals surface area contributed by atoms with Gasteiger partial charge in [0.15, 0.2) is 5.69 Å². The summed E-state index contributed by atoms with van der Waals surface area (Å²) in [5.74, 6) is -1.32. The van der Waals surface area contributed by atoms with Gasteiger partial charge in [0.1, 0.15) is 4.90 Å². The summed E-state index contributed by atoms with van der Waals surface area (Å²) in [6, 6.07) is 10.1. The number of halogens is 2. The van der Waals surface area contributed by atoms with Crippen LogP contribution in [0.2, 0.25) is 10.0 Å². The van der Waals surface area contributed by atoms with Crippen molar-refractivity contribution in [1.29, 1.82) is 0 Å². The summed E-state index contributed by atoms with van der Waals surface area (Å²) in [4.78, 5) is 11.1. The second-order valence-electron chi connectivity index (χ2n) is 4.59. The van der Waals surface area contributed by atoms with Crippen LogP contribution in [0.25, 0.3) is 10.9 Å². The summed E-state index contributed by atoms with van der Waals surface area (Å²) in [6.45, 7) is 0. The number of hydrogen-bond acceptors (Lipinski definition) is 4. The molecule has 6 nitrogen and oxygen atoms in total. The van der Waals surface area contributed by atoms with Crippen LogP contribution in [0.4, 0.5) is 0 Å². The summed E-state index contributed by atoms with van der Waals surface area (Å²) in [5, 5.41) is 13.4. The van der Waals surface area contributed by atoms with Crippen LogP contribution in [0.3, 0.4) is 0 Å². The van der Waals surface area contributed by atoms with Crippen LogP contribution in [0.5, 0.6) is 0 Å². The molecular weight excluding hydrogens is 363 g/mol. The van der Waals surface area contributed by atoms with Crippen LogP contribution in [0, 0.1) is 0 Å². The van der Waals surface area contributed by atoms with Crippen LogP contribution >= 0.6 is 23.2 Å². The van der Waals surface area contributed by atoms with Gasteiger partial charge in [0, 0.05) is 10.4 Å². The van der Waals surface area contributed by atoms with Crippen molar-refractivity contribution in [1.82, 2.24) is 9.19 Å². The molecule has 0 aliphatic rings. The molecule has 1 heterocycles. The molecule has 0 unspecified atom stereocenters. The number of benzene rings is 2. The SMILES string of the molecule is O=C(O)c1nn(S(=O)(=O)c2ccc(Cl)cc2Cl)c2ccccc12. The zero-order valence-corrected chi connectivity index (χ0v) is 13.6. The molecular formula is C14H8Cl2N2O4S. The maximum absolute atomic E-state index is 12.8. The van der Waals surface area contributed by atoms with Gasteiger partial charge in [-0.2, -0.15) is 12.5 Å². The van der Waals surface area contributed by atoms with Gasteiger partial charge < -0.3 is 5.11 Å². The molecule has 0 saturated carbocycles. The average Bonchev–Trinajstić information content (AvgIpc) is 2.87. The van der Waals surface area contributed by atoms with Crippen LogP contribution in [0.15, 0.2) is 47.4 Å². The standard InChI is InChI=1S/C14H8Cl2N2O4S/c15-8-5-6-12(10(16)7-8)23(21,22)18-11-4-2-1-3-9(11)13(17-18)14(19)20/h1-7H,(H,19,20). The first-order valence-corrected chi connectivity index (χ1v) is 8.43. The van der Waals surface area contributed by atoms with Crippen molar-refractivity contribution < 1.29 is 18.3 Å². The Kier molecular flexibility index (Phi) is 3.79. The Balaban J connectivity index is 2.33. The average molecular weight is 371 g/mol. The Morgan fingerprint density at radius 2 is 1.83 bits per heavy atom. The summed E-state index contributed by atoms with van der Waals surface area (Å²) < 4.78 is 26.3. The molecule has 2 aromatic carbocycles. The van der Waals surface area contributed by atoms with E-state index >= 15 is 0 Å². The molecule has 0 aliphatic heterocycles. The lowest BCUT2D eigenvalue weighted by Crippen LogP contribution is -2.15. The number of aromatic carboxylic acids is 1. The van der Waals surface area contributed by atoms with Crippen molar-refractivity contribution in [2.75, 3.05) is 0 Å². The molecule has 23 heavy (non-hydrogen) atoms. The fourth-order valence-electron chi connectivity index (χ4n) is 2.16. The molecule has 118 valence electrons. The number of carbonyl (C=O) groups is 1. The van der Waals surface area contributed by atoms with Crippen LogP contribution in [-0.2, 0) is 10.0 Å². The second-order valence-corrected chi connectivity index (χ2v) is 7.17. The maximum Gasteiger partial charge on any atom is 0.357 e. The van der Waals surface area contributed by atoms with E-state index in [9.17, 15) is 18.3 Å². The van der Waals surface area contributed by atoms with E-state index in [2.05, 4.69) is 5.10 Å². The number of nitrogens with zero attached hydrogens (tertiary/aromatic N) is 2. The zero-order valence-electron chi connectivity index (χ0n) is 11.3. The Hall–Kier alpha value is -2.09. The van der Waals surface area contributed by atoms with Gasteiger partial charge in [0.25, 0.3) is 10.0 Å². The minimum Gasteiger partial charge on any atom is -0.476 e. The van der Waals surface area contributed by atoms with Gasteiger partial charge in [-0.3, -0.25) is 0 Å². The smallest absolute Gasteiger partial charge is 0.357 e. The van der Waals surface area contributed by atoms with E-state index in [1.54, 1.807) is 12.1 Å². The van der Waals surface area contributed by atoms with Gasteiger partial charge in [0.2, 0.25) is 0 Å². The van der Waals surface area contributed by atoms with Gasteiger partial charge in [-0.05, 0) is 24.3 Å². The fourth-order valence-corrected chi connectivity index (χ4v) is 4.20. The number of fused-ring (bicyclic) bond motifs is 1. The van der Waals surface area contributed by atoms with Gasteiger partial charge in [-0.15, -0.1) is 5.10 Å². The first-order valence-electron chi connectivity index (χ1n) is 6.24. The summed E-state index contributed by atoms with van der Waals surface area (Å²) in [7, 11) is -4.17. The molecule has 0 aliphatic carbocycles. The highest BCUT2D eigenvalue weighted by Gasteiger charge is 2.27. The third-order valence-corrected chi connectivity index (χ3v) is 5.46. The van der Waals surface area contributed by atoms with Crippen molar-refractivity contribution >= 4 is 50.1 Å². The molecule has 9 heteroatoms. The van der Waals surface area contributed by atoms with Gasteiger partial charge >= 0.3 is 5.97 Å². The van der Waals surface area contributed by atoms with E-state index in [-0.39, 0.29) is 31.5 Å².